The summed E-state index contributed by atoms with van der Waals surface area (Å²) in [6.07, 6.45) is -0.697. The zero-order valence-electron chi connectivity index (χ0n) is 13.5. The van der Waals surface area contributed by atoms with Gasteiger partial charge < -0.3 is 19.4 Å². The average molecular weight is 320 g/mol. The van der Waals surface area contributed by atoms with Crippen LogP contribution < -0.4 is 10.2 Å². The third kappa shape index (κ3) is 3.53. The first-order chi connectivity index (χ1) is 10.6. The van der Waals surface area contributed by atoms with Crippen LogP contribution in [0.15, 0.2) is 27.4 Å². The van der Waals surface area contributed by atoms with E-state index in [1.165, 1.54) is 0 Å². The van der Waals surface area contributed by atoms with Crippen molar-refractivity contribution in [1.82, 2.24) is 0 Å². The molecule has 0 aliphatic carbocycles. The molecule has 0 spiro atoms. The maximum atomic E-state index is 12.4. The van der Waals surface area contributed by atoms with Crippen LogP contribution in [-0.2, 0) is 5.41 Å². The Morgan fingerprint density at radius 2 is 2.00 bits per heavy atom. The fourth-order valence-corrected chi connectivity index (χ4v) is 2.26. The number of aliphatic hydroxyl groups is 1. The minimum atomic E-state index is -1.31. The van der Waals surface area contributed by atoms with Gasteiger partial charge in [0, 0.05) is 11.6 Å². The van der Waals surface area contributed by atoms with Crippen molar-refractivity contribution >= 4 is 16.9 Å². The lowest BCUT2D eigenvalue weighted by molar-refractivity contribution is 0.0662. The first-order valence-electron chi connectivity index (χ1n) is 7.26. The molecule has 0 amide bonds. The first-order valence-corrected chi connectivity index (χ1v) is 7.26. The lowest BCUT2D eigenvalue weighted by atomic mass is 9.85. The predicted molar refractivity (Wildman–Crippen MR) is 85.3 cm³/mol. The van der Waals surface area contributed by atoms with Crippen LogP contribution in [-0.4, -0.2) is 28.9 Å². The Labute approximate surface area is 133 Å². The number of aliphatic hydroxyl groups excluding tert-OH is 1. The van der Waals surface area contributed by atoms with E-state index in [9.17, 15) is 14.7 Å². The predicted octanol–water partition coefficient (Wildman–Crippen LogP) is 2.55. The van der Waals surface area contributed by atoms with E-state index in [1.807, 2.05) is 20.8 Å². The third-order valence-corrected chi connectivity index (χ3v) is 3.34. The van der Waals surface area contributed by atoms with Crippen LogP contribution in [0.1, 0.15) is 43.8 Å². The number of carboxylic acids is 1. The van der Waals surface area contributed by atoms with Crippen LogP contribution in [0.3, 0.4) is 0 Å². The van der Waals surface area contributed by atoms with Gasteiger partial charge in [0.25, 0.3) is 0 Å². The monoisotopic (exact) mass is 320 g/mol. The Kier molecular flexibility index (Phi) is 4.47. The van der Waals surface area contributed by atoms with Crippen molar-refractivity contribution in [3.63, 3.8) is 0 Å². The van der Waals surface area contributed by atoms with Gasteiger partial charge in [-0.2, -0.15) is 0 Å². The quantitative estimate of drug-likeness (QED) is 0.898. The molecule has 1 atom stereocenters. The molecule has 2 N–H and O–H groups in total. The van der Waals surface area contributed by atoms with E-state index in [0.717, 1.165) is 6.07 Å². The van der Waals surface area contributed by atoms with Crippen molar-refractivity contribution in [2.45, 2.75) is 39.2 Å². The Balaban J connectivity index is 2.79. The molecule has 23 heavy (non-hydrogen) atoms. The highest BCUT2D eigenvalue weighted by molar-refractivity contribution is 5.91. The molecule has 6 nitrogen and oxygen atoms in total. The number of benzene rings is 1. The molecule has 0 fully saturated rings. The second-order valence-electron chi connectivity index (χ2n) is 6.51. The zero-order valence-corrected chi connectivity index (χ0v) is 13.5. The highest BCUT2D eigenvalue weighted by atomic mass is 16.5. The van der Waals surface area contributed by atoms with E-state index in [2.05, 4.69) is 0 Å². The second kappa shape index (κ2) is 6.04. The number of ether oxygens (including phenoxy) is 1. The van der Waals surface area contributed by atoms with Crippen LogP contribution in [0.4, 0.5) is 0 Å². The van der Waals surface area contributed by atoms with Gasteiger partial charge in [-0.05, 0) is 18.4 Å². The minimum Gasteiger partial charge on any atom is -0.490 e. The maximum absolute atomic E-state index is 12.4. The number of fused-ring (bicyclic) bond motifs is 1. The van der Waals surface area contributed by atoms with Gasteiger partial charge in [-0.3, -0.25) is 4.79 Å². The molecule has 1 aromatic carbocycles. The van der Waals surface area contributed by atoms with Crippen molar-refractivity contribution in [3.05, 3.63) is 39.7 Å². The number of rotatable bonds is 4. The van der Waals surface area contributed by atoms with Crippen LogP contribution in [0.2, 0.25) is 0 Å². The standard InChI is InChI=1S/C17H20O6/c1-9(18)8-22-12-6-5-10(17(2,3)4)15-14(12)11(19)7-13(23-15)16(20)21/h5-7,9,18H,8H2,1-4H3,(H,20,21). The van der Waals surface area contributed by atoms with Gasteiger partial charge in [0.1, 0.15) is 23.3 Å². The van der Waals surface area contributed by atoms with Gasteiger partial charge in [-0.25, -0.2) is 4.79 Å². The number of hydrogen-bond acceptors (Lipinski definition) is 5. The first kappa shape index (κ1) is 17.0. The van der Waals surface area contributed by atoms with Crippen molar-refractivity contribution in [2.75, 3.05) is 6.61 Å². The molecule has 6 heteroatoms. The summed E-state index contributed by atoms with van der Waals surface area (Å²) in [4.78, 5) is 23.5. The van der Waals surface area contributed by atoms with Gasteiger partial charge in [-0.15, -0.1) is 0 Å². The Morgan fingerprint density at radius 1 is 1.35 bits per heavy atom. The molecule has 124 valence electrons. The highest BCUT2D eigenvalue weighted by Crippen LogP contribution is 2.34. The molecule has 1 heterocycles. The number of aromatic carboxylic acids is 1. The number of carbonyl (C=O) groups is 1. The van der Waals surface area contributed by atoms with E-state index in [-0.39, 0.29) is 28.7 Å². The molecule has 0 saturated carbocycles. The molecule has 1 aromatic heterocycles. The van der Waals surface area contributed by atoms with Gasteiger partial charge in [0.15, 0.2) is 5.43 Å². The Morgan fingerprint density at radius 3 is 2.52 bits per heavy atom. The van der Waals surface area contributed by atoms with E-state index in [0.29, 0.717) is 5.56 Å². The normalized spacial score (nSPS) is 13.1. The molecule has 2 aromatic rings. The summed E-state index contributed by atoms with van der Waals surface area (Å²) < 4.78 is 10.9. The summed E-state index contributed by atoms with van der Waals surface area (Å²) in [5.41, 5.74) is 0.0617. The smallest absolute Gasteiger partial charge is 0.371 e. The SMILES string of the molecule is CC(O)COc1ccc(C(C)(C)C)c2oc(C(=O)O)cc(=O)c12. The molecule has 0 saturated heterocycles. The van der Waals surface area contributed by atoms with E-state index in [4.69, 9.17) is 14.3 Å². The number of hydrogen-bond donors (Lipinski definition) is 2. The van der Waals surface area contributed by atoms with Crippen molar-refractivity contribution < 1.29 is 24.2 Å². The summed E-state index contributed by atoms with van der Waals surface area (Å²) in [7, 11) is 0. The van der Waals surface area contributed by atoms with Gasteiger partial charge in [0.05, 0.1) is 6.10 Å². The van der Waals surface area contributed by atoms with Crippen LogP contribution in [0.25, 0.3) is 11.0 Å². The van der Waals surface area contributed by atoms with E-state index < -0.39 is 23.3 Å². The third-order valence-electron chi connectivity index (χ3n) is 3.34. The molecule has 1 unspecified atom stereocenters. The largest absolute Gasteiger partial charge is 0.490 e. The minimum absolute atomic E-state index is 0.0179. The van der Waals surface area contributed by atoms with Gasteiger partial charge in [0.2, 0.25) is 5.76 Å². The van der Waals surface area contributed by atoms with E-state index >= 15 is 0 Å². The van der Waals surface area contributed by atoms with E-state index in [1.54, 1.807) is 19.1 Å². The Bertz CT molecular complexity index is 795. The molecule has 0 aliphatic rings. The molecule has 0 bridgehead atoms. The topological polar surface area (TPSA) is 97.0 Å². The lowest BCUT2D eigenvalue weighted by Crippen LogP contribution is -2.17. The maximum Gasteiger partial charge on any atom is 0.371 e. The van der Waals surface area contributed by atoms with Gasteiger partial charge in [-0.1, -0.05) is 26.8 Å². The number of carboxylic acid groups (broad SMARTS) is 1. The molecule has 0 aliphatic heterocycles. The summed E-state index contributed by atoms with van der Waals surface area (Å²) in [5.74, 6) is -1.46. The average Bonchev–Trinajstić information content (AvgIpc) is 2.42. The molecular formula is C17H20O6. The Hall–Kier alpha value is -2.34. The fraction of sp³-hybridized carbons (Fsp3) is 0.412. The summed E-state index contributed by atoms with van der Waals surface area (Å²) in [5, 5.41) is 18.6. The molecule has 2 rings (SSSR count). The zero-order chi connectivity index (χ0) is 17.4. The summed E-state index contributed by atoms with van der Waals surface area (Å²) >= 11 is 0. The van der Waals surface area contributed by atoms with Gasteiger partial charge >= 0.3 is 5.97 Å². The molecular weight excluding hydrogens is 300 g/mol. The van der Waals surface area contributed by atoms with Crippen LogP contribution >= 0.6 is 0 Å². The summed E-state index contributed by atoms with van der Waals surface area (Å²) in [6.45, 7) is 7.39. The fourth-order valence-electron chi connectivity index (χ4n) is 2.26. The van der Waals surface area contributed by atoms with Crippen molar-refractivity contribution in [2.24, 2.45) is 0 Å². The highest BCUT2D eigenvalue weighted by Gasteiger charge is 2.24. The van der Waals surface area contributed by atoms with Crippen LogP contribution in [0, 0.1) is 0 Å². The van der Waals surface area contributed by atoms with Crippen molar-refractivity contribution in [1.29, 1.82) is 0 Å². The molecule has 0 radical (unpaired) electrons. The van der Waals surface area contributed by atoms with Crippen molar-refractivity contribution in [3.8, 4) is 5.75 Å². The van der Waals surface area contributed by atoms with Crippen LogP contribution in [0.5, 0.6) is 5.75 Å². The second-order valence-corrected chi connectivity index (χ2v) is 6.51. The lowest BCUT2D eigenvalue weighted by Gasteiger charge is -2.21. The summed E-state index contributed by atoms with van der Waals surface area (Å²) in [6, 6.07) is 4.32.